The van der Waals surface area contributed by atoms with Gasteiger partial charge in [0.05, 0.1) is 0 Å². The smallest absolute Gasteiger partial charge is 0.240 e. The summed E-state index contributed by atoms with van der Waals surface area (Å²) in [7, 11) is 0. The molecule has 4 nitrogen and oxygen atoms in total. The Hall–Kier alpha value is -2.40. The summed E-state index contributed by atoms with van der Waals surface area (Å²) in [6.07, 6.45) is 0.952. The predicted octanol–water partition coefficient (Wildman–Crippen LogP) is 4.96. The van der Waals surface area contributed by atoms with Crippen LogP contribution in [0.25, 0.3) is 0 Å². The van der Waals surface area contributed by atoms with Crippen LogP contribution in [0.5, 0.6) is 0 Å². The molecule has 0 spiro atoms. The molecule has 0 aliphatic heterocycles. The van der Waals surface area contributed by atoms with Gasteiger partial charge in [-0.05, 0) is 60.7 Å². The number of rotatable bonds is 5. The summed E-state index contributed by atoms with van der Waals surface area (Å²) in [6.45, 7) is 4.08. The zero-order chi connectivity index (χ0) is 18.9. The molecule has 0 bridgehead atoms. The molecule has 26 heavy (non-hydrogen) atoms. The number of anilines is 2. The zero-order valence-corrected chi connectivity index (χ0v) is 15.4. The Balaban J connectivity index is 1.69. The summed E-state index contributed by atoms with van der Waals surface area (Å²) < 4.78 is 13.0. The van der Waals surface area contributed by atoms with Crippen molar-refractivity contribution in [2.45, 2.75) is 32.6 Å². The second kappa shape index (κ2) is 7.08. The van der Waals surface area contributed by atoms with Crippen LogP contribution in [0, 0.1) is 11.2 Å². The van der Waals surface area contributed by atoms with Crippen molar-refractivity contribution in [3.8, 4) is 0 Å². The van der Waals surface area contributed by atoms with E-state index in [-0.39, 0.29) is 23.5 Å². The van der Waals surface area contributed by atoms with Crippen LogP contribution in [0.1, 0.15) is 38.2 Å². The lowest BCUT2D eigenvalue weighted by atomic mass is 10.0. The lowest BCUT2D eigenvalue weighted by Gasteiger charge is -2.16. The SMILES string of the molecule is CC(C)c1ccc(NC(=O)C2(C(=O)Nc3ccc(F)cc3)CC2)cc1Cl. The Bertz CT molecular complexity index is 845. The Morgan fingerprint density at radius 3 is 2.04 bits per heavy atom. The molecule has 6 heteroatoms. The molecule has 0 saturated heterocycles. The minimum absolute atomic E-state index is 0.281. The summed E-state index contributed by atoms with van der Waals surface area (Å²) in [5.41, 5.74) is 0.933. The predicted molar refractivity (Wildman–Crippen MR) is 101 cm³/mol. The number of nitrogens with one attached hydrogen (secondary N) is 2. The van der Waals surface area contributed by atoms with Gasteiger partial charge in [-0.1, -0.05) is 31.5 Å². The number of carbonyl (C=O) groups is 2. The van der Waals surface area contributed by atoms with Gasteiger partial charge >= 0.3 is 0 Å². The molecule has 1 saturated carbocycles. The molecule has 1 aliphatic rings. The summed E-state index contributed by atoms with van der Waals surface area (Å²) in [6, 6.07) is 10.8. The first-order valence-corrected chi connectivity index (χ1v) is 8.87. The monoisotopic (exact) mass is 374 g/mol. The van der Waals surface area contributed by atoms with Gasteiger partial charge in [0, 0.05) is 16.4 Å². The van der Waals surface area contributed by atoms with Crippen molar-refractivity contribution in [2.75, 3.05) is 10.6 Å². The third kappa shape index (κ3) is 3.73. The molecular formula is C20H20ClFN2O2. The molecule has 0 atom stereocenters. The molecule has 0 unspecified atom stereocenters. The van der Waals surface area contributed by atoms with E-state index in [0.717, 1.165) is 5.56 Å². The molecule has 0 heterocycles. The second-order valence-electron chi connectivity index (χ2n) is 6.89. The molecule has 0 radical (unpaired) electrons. The lowest BCUT2D eigenvalue weighted by Crippen LogP contribution is -2.35. The molecule has 0 aromatic heterocycles. The average molecular weight is 375 g/mol. The molecule has 1 aliphatic carbocycles. The van der Waals surface area contributed by atoms with Crippen molar-refractivity contribution in [1.29, 1.82) is 0 Å². The van der Waals surface area contributed by atoms with Gasteiger partial charge in [-0.3, -0.25) is 9.59 Å². The highest BCUT2D eigenvalue weighted by Gasteiger charge is 2.56. The second-order valence-corrected chi connectivity index (χ2v) is 7.30. The van der Waals surface area contributed by atoms with Crippen LogP contribution in [0.15, 0.2) is 42.5 Å². The van der Waals surface area contributed by atoms with E-state index in [4.69, 9.17) is 11.6 Å². The van der Waals surface area contributed by atoms with Gasteiger partial charge in [-0.2, -0.15) is 0 Å². The third-order valence-electron chi connectivity index (χ3n) is 4.60. The number of hydrogen-bond donors (Lipinski definition) is 2. The van der Waals surface area contributed by atoms with E-state index in [1.54, 1.807) is 12.1 Å². The highest BCUT2D eigenvalue weighted by molar-refractivity contribution is 6.31. The fraction of sp³-hybridized carbons (Fsp3) is 0.300. The summed E-state index contributed by atoms with van der Waals surface area (Å²) in [4.78, 5) is 25.2. The molecule has 1 fully saturated rings. The van der Waals surface area contributed by atoms with Crippen molar-refractivity contribution >= 4 is 34.8 Å². The third-order valence-corrected chi connectivity index (χ3v) is 4.93. The Kier molecular flexibility index (Phi) is 5.01. The van der Waals surface area contributed by atoms with Crippen LogP contribution in [0.3, 0.4) is 0 Å². The van der Waals surface area contributed by atoms with E-state index in [9.17, 15) is 14.0 Å². The van der Waals surface area contributed by atoms with E-state index in [1.807, 2.05) is 19.9 Å². The first-order chi connectivity index (χ1) is 12.3. The molecule has 3 rings (SSSR count). The van der Waals surface area contributed by atoms with Crippen LogP contribution >= 0.6 is 11.6 Å². The van der Waals surface area contributed by atoms with Gasteiger partial charge in [-0.25, -0.2) is 4.39 Å². The van der Waals surface area contributed by atoms with Crippen molar-refractivity contribution in [3.05, 3.63) is 58.9 Å². The number of halogens is 2. The number of amides is 2. The summed E-state index contributed by atoms with van der Waals surface area (Å²) in [5, 5.41) is 6.05. The summed E-state index contributed by atoms with van der Waals surface area (Å²) >= 11 is 6.26. The van der Waals surface area contributed by atoms with E-state index in [0.29, 0.717) is 29.2 Å². The van der Waals surface area contributed by atoms with Gasteiger partial charge in [0.15, 0.2) is 0 Å². The van der Waals surface area contributed by atoms with Gasteiger partial charge in [0.1, 0.15) is 11.2 Å². The first-order valence-electron chi connectivity index (χ1n) is 8.50. The Morgan fingerprint density at radius 1 is 1.00 bits per heavy atom. The van der Waals surface area contributed by atoms with Crippen molar-refractivity contribution in [2.24, 2.45) is 5.41 Å². The minimum Gasteiger partial charge on any atom is -0.325 e. The Labute approximate surface area is 156 Å². The maximum absolute atomic E-state index is 13.0. The maximum atomic E-state index is 13.0. The number of carbonyl (C=O) groups excluding carboxylic acids is 2. The molecule has 2 aromatic rings. The van der Waals surface area contributed by atoms with Crippen molar-refractivity contribution in [3.63, 3.8) is 0 Å². The van der Waals surface area contributed by atoms with Gasteiger partial charge in [-0.15, -0.1) is 0 Å². The van der Waals surface area contributed by atoms with Crippen LogP contribution in [-0.4, -0.2) is 11.8 Å². The largest absolute Gasteiger partial charge is 0.325 e. The molecule has 2 N–H and O–H groups in total. The van der Waals surface area contributed by atoms with Gasteiger partial charge in [0.25, 0.3) is 0 Å². The highest BCUT2D eigenvalue weighted by atomic mass is 35.5. The maximum Gasteiger partial charge on any atom is 0.240 e. The topological polar surface area (TPSA) is 58.2 Å². The fourth-order valence-electron chi connectivity index (χ4n) is 2.79. The van der Waals surface area contributed by atoms with Crippen molar-refractivity contribution in [1.82, 2.24) is 0 Å². The zero-order valence-electron chi connectivity index (χ0n) is 14.6. The van der Waals surface area contributed by atoms with Crippen LogP contribution < -0.4 is 10.6 Å². The van der Waals surface area contributed by atoms with E-state index < -0.39 is 5.41 Å². The van der Waals surface area contributed by atoms with Crippen LogP contribution in [-0.2, 0) is 9.59 Å². The average Bonchev–Trinajstić information content (AvgIpc) is 3.38. The van der Waals surface area contributed by atoms with Crippen molar-refractivity contribution < 1.29 is 14.0 Å². The van der Waals surface area contributed by atoms with E-state index in [2.05, 4.69) is 10.6 Å². The van der Waals surface area contributed by atoms with E-state index >= 15 is 0 Å². The minimum atomic E-state index is -1.09. The number of benzene rings is 2. The highest BCUT2D eigenvalue weighted by Crippen LogP contribution is 2.47. The first kappa shape index (κ1) is 18.4. The van der Waals surface area contributed by atoms with Crippen LogP contribution in [0.4, 0.5) is 15.8 Å². The van der Waals surface area contributed by atoms with Gasteiger partial charge < -0.3 is 10.6 Å². The molecule has 2 aromatic carbocycles. The molecule has 2 amide bonds. The number of hydrogen-bond acceptors (Lipinski definition) is 2. The molecular weight excluding hydrogens is 355 g/mol. The van der Waals surface area contributed by atoms with E-state index in [1.165, 1.54) is 24.3 Å². The lowest BCUT2D eigenvalue weighted by molar-refractivity contribution is -0.131. The van der Waals surface area contributed by atoms with Crippen LogP contribution in [0.2, 0.25) is 5.02 Å². The molecule has 136 valence electrons. The standard InChI is InChI=1S/C20H20ClFN2O2/c1-12(2)16-8-7-15(11-17(16)21)24-19(26)20(9-10-20)18(25)23-14-5-3-13(22)4-6-14/h3-8,11-12H,9-10H2,1-2H3,(H,23,25)(H,24,26). The quantitative estimate of drug-likeness (QED) is 0.727. The normalized spacial score (nSPS) is 14.8. The fourth-order valence-corrected chi connectivity index (χ4v) is 3.19. The van der Waals surface area contributed by atoms with Gasteiger partial charge in [0.2, 0.25) is 11.8 Å². The summed E-state index contributed by atoms with van der Waals surface area (Å²) in [5.74, 6) is -0.843. The Morgan fingerprint density at radius 2 is 1.54 bits per heavy atom.